The summed E-state index contributed by atoms with van der Waals surface area (Å²) in [5, 5.41) is 3.37. The summed E-state index contributed by atoms with van der Waals surface area (Å²) in [5.41, 5.74) is 2.93. The number of rotatable bonds is 8. The summed E-state index contributed by atoms with van der Waals surface area (Å²) in [6.45, 7) is 7.40. The van der Waals surface area contributed by atoms with Gasteiger partial charge in [0.05, 0.1) is 11.3 Å². The smallest absolute Gasteiger partial charge is 0.255 e. The van der Waals surface area contributed by atoms with Crippen LogP contribution in [0.4, 0.5) is 5.69 Å². The molecule has 3 rings (SSSR count). The molecule has 1 aliphatic heterocycles. The van der Waals surface area contributed by atoms with E-state index in [2.05, 4.69) is 46.4 Å². The van der Waals surface area contributed by atoms with Crippen molar-refractivity contribution in [1.29, 1.82) is 0 Å². The second-order valence-electron chi connectivity index (χ2n) is 7.15. The largest absolute Gasteiger partial charge is 0.384 e. The molecule has 1 aromatic heterocycles. The maximum Gasteiger partial charge on any atom is 0.255 e. The van der Waals surface area contributed by atoms with Crippen LogP contribution in [0.1, 0.15) is 42.1 Å². The second kappa shape index (κ2) is 10.1. The highest BCUT2D eigenvalue weighted by molar-refractivity contribution is 5.94. The van der Waals surface area contributed by atoms with Gasteiger partial charge in [0, 0.05) is 51.7 Å². The topological polar surface area (TPSA) is 48.5 Å². The summed E-state index contributed by atoms with van der Waals surface area (Å²) in [7, 11) is 0. The lowest BCUT2D eigenvalue weighted by molar-refractivity contribution is 0.0628. The Labute approximate surface area is 162 Å². The van der Waals surface area contributed by atoms with Crippen LogP contribution >= 0.6 is 0 Å². The van der Waals surface area contributed by atoms with Crippen molar-refractivity contribution in [3.63, 3.8) is 0 Å². The zero-order chi connectivity index (χ0) is 18.9. The van der Waals surface area contributed by atoms with Gasteiger partial charge in [-0.2, -0.15) is 0 Å². The monoisotopic (exact) mass is 366 g/mol. The molecule has 1 N–H and O–H groups in total. The number of piperazine rings is 1. The fraction of sp³-hybridized carbons (Fsp3) is 0.455. The Morgan fingerprint density at radius 2 is 1.85 bits per heavy atom. The van der Waals surface area contributed by atoms with E-state index in [0.29, 0.717) is 5.56 Å². The number of aromatic nitrogens is 1. The van der Waals surface area contributed by atoms with Crippen molar-refractivity contribution in [3.8, 4) is 0 Å². The second-order valence-corrected chi connectivity index (χ2v) is 7.15. The summed E-state index contributed by atoms with van der Waals surface area (Å²) in [4.78, 5) is 21.4. The fourth-order valence-corrected chi connectivity index (χ4v) is 3.39. The van der Waals surface area contributed by atoms with Gasteiger partial charge in [0.1, 0.15) is 0 Å². The van der Waals surface area contributed by atoms with E-state index in [0.717, 1.165) is 51.4 Å². The van der Waals surface area contributed by atoms with E-state index in [9.17, 15) is 4.79 Å². The van der Waals surface area contributed by atoms with Crippen molar-refractivity contribution in [3.05, 3.63) is 59.9 Å². The molecule has 27 heavy (non-hydrogen) atoms. The number of carbonyl (C=O) groups is 1. The predicted octanol–water partition coefficient (Wildman–Crippen LogP) is 3.64. The molecule has 1 fully saturated rings. The summed E-state index contributed by atoms with van der Waals surface area (Å²) in [6, 6.07) is 12.4. The average Bonchev–Trinajstić information content (AvgIpc) is 2.72. The van der Waals surface area contributed by atoms with Crippen molar-refractivity contribution < 1.29 is 4.79 Å². The Balaban J connectivity index is 1.50. The van der Waals surface area contributed by atoms with Crippen LogP contribution in [0.2, 0.25) is 0 Å². The molecule has 1 saturated heterocycles. The van der Waals surface area contributed by atoms with Gasteiger partial charge in [-0.1, -0.05) is 50.1 Å². The Kier molecular flexibility index (Phi) is 7.22. The van der Waals surface area contributed by atoms with Crippen LogP contribution in [-0.2, 0) is 6.54 Å². The Morgan fingerprint density at radius 3 is 2.59 bits per heavy atom. The number of hydrogen-bond donors (Lipinski definition) is 1. The van der Waals surface area contributed by atoms with Crippen LogP contribution in [0.3, 0.4) is 0 Å². The van der Waals surface area contributed by atoms with E-state index in [1.54, 1.807) is 12.4 Å². The molecule has 0 saturated carbocycles. The summed E-state index contributed by atoms with van der Waals surface area (Å²) < 4.78 is 0. The number of amides is 1. The van der Waals surface area contributed by atoms with Gasteiger partial charge in [-0.05, 0) is 18.1 Å². The number of hydrogen-bond acceptors (Lipinski definition) is 4. The van der Waals surface area contributed by atoms with Gasteiger partial charge in [0.25, 0.3) is 5.91 Å². The molecule has 2 heterocycles. The fourth-order valence-electron chi connectivity index (χ4n) is 3.39. The molecule has 2 aromatic rings. The first kappa shape index (κ1) is 19.4. The van der Waals surface area contributed by atoms with E-state index >= 15 is 0 Å². The molecule has 1 aromatic carbocycles. The minimum absolute atomic E-state index is 0.0825. The number of carbonyl (C=O) groups excluding carboxylic acids is 1. The van der Waals surface area contributed by atoms with Crippen molar-refractivity contribution in [2.75, 3.05) is 38.0 Å². The number of unbranched alkanes of at least 4 members (excludes halogenated alkanes) is 2. The maximum atomic E-state index is 12.8. The number of nitrogens with zero attached hydrogens (tertiary/aromatic N) is 3. The van der Waals surface area contributed by atoms with Crippen LogP contribution in [0.15, 0.2) is 48.8 Å². The van der Waals surface area contributed by atoms with Crippen molar-refractivity contribution in [2.45, 2.75) is 32.7 Å². The lowest BCUT2D eigenvalue weighted by atomic mass is 10.1. The molecule has 5 nitrogen and oxygen atoms in total. The minimum atomic E-state index is 0.0825. The molecule has 0 bridgehead atoms. The standard InChI is InChI=1S/C22H30N4O/c1-2-3-7-10-24-21-15-20(16-23-17-21)22(27)26-13-11-25(12-14-26)18-19-8-5-4-6-9-19/h4-6,8-9,15-17,24H,2-3,7,10-14,18H2,1H3. The van der Waals surface area contributed by atoms with Gasteiger partial charge in [-0.25, -0.2) is 0 Å². The maximum absolute atomic E-state index is 12.8. The van der Waals surface area contributed by atoms with Crippen LogP contribution in [0.25, 0.3) is 0 Å². The van der Waals surface area contributed by atoms with Crippen molar-refractivity contribution >= 4 is 11.6 Å². The summed E-state index contributed by atoms with van der Waals surface area (Å²) in [5.74, 6) is 0.0825. The first-order chi connectivity index (χ1) is 13.3. The Morgan fingerprint density at radius 1 is 1.07 bits per heavy atom. The van der Waals surface area contributed by atoms with E-state index < -0.39 is 0 Å². The van der Waals surface area contributed by atoms with E-state index in [-0.39, 0.29) is 5.91 Å². The van der Waals surface area contributed by atoms with Crippen LogP contribution in [0.5, 0.6) is 0 Å². The first-order valence-electron chi connectivity index (χ1n) is 10.0. The van der Waals surface area contributed by atoms with Gasteiger partial charge in [0.2, 0.25) is 0 Å². The Bertz CT molecular complexity index is 711. The number of anilines is 1. The van der Waals surface area contributed by atoms with E-state index in [4.69, 9.17) is 0 Å². The summed E-state index contributed by atoms with van der Waals surface area (Å²) >= 11 is 0. The van der Waals surface area contributed by atoms with Crippen LogP contribution < -0.4 is 5.32 Å². The van der Waals surface area contributed by atoms with Gasteiger partial charge in [-0.3, -0.25) is 14.7 Å². The van der Waals surface area contributed by atoms with E-state index in [1.807, 2.05) is 17.0 Å². The number of nitrogens with one attached hydrogen (secondary N) is 1. The number of benzene rings is 1. The molecular formula is C22H30N4O. The summed E-state index contributed by atoms with van der Waals surface area (Å²) in [6.07, 6.45) is 7.02. The van der Waals surface area contributed by atoms with Gasteiger partial charge >= 0.3 is 0 Å². The van der Waals surface area contributed by atoms with Crippen molar-refractivity contribution in [1.82, 2.24) is 14.8 Å². The molecule has 1 amide bonds. The zero-order valence-corrected chi connectivity index (χ0v) is 16.2. The Hall–Kier alpha value is -2.40. The molecule has 0 radical (unpaired) electrons. The van der Waals surface area contributed by atoms with Crippen LogP contribution in [-0.4, -0.2) is 53.4 Å². The quantitative estimate of drug-likeness (QED) is 0.725. The number of pyridine rings is 1. The SMILES string of the molecule is CCCCCNc1cncc(C(=O)N2CCN(Cc3ccccc3)CC2)c1. The zero-order valence-electron chi connectivity index (χ0n) is 16.2. The third-order valence-electron chi connectivity index (χ3n) is 5.00. The molecule has 144 valence electrons. The molecule has 0 aliphatic carbocycles. The first-order valence-corrected chi connectivity index (χ1v) is 10.0. The minimum Gasteiger partial charge on any atom is -0.384 e. The normalized spacial score (nSPS) is 14.9. The lowest BCUT2D eigenvalue weighted by Gasteiger charge is -2.34. The van der Waals surface area contributed by atoms with Crippen LogP contribution in [0, 0.1) is 0 Å². The average molecular weight is 367 g/mol. The van der Waals surface area contributed by atoms with Gasteiger partial charge in [0.15, 0.2) is 0 Å². The highest BCUT2D eigenvalue weighted by Gasteiger charge is 2.22. The van der Waals surface area contributed by atoms with Gasteiger partial charge < -0.3 is 10.2 Å². The third-order valence-corrected chi connectivity index (χ3v) is 5.00. The third kappa shape index (κ3) is 5.79. The van der Waals surface area contributed by atoms with Crippen molar-refractivity contribution in [2.24, 2.45) is 0 Å². The molecule has 0 spiro atoms. The predicted molar refractivity (Wildman–Crippen MR) is 110 cm³/mol. The van der Waals surface area contributed by atoms with E-state index in [1.165, 1.54) is 18.4 Å². The highest BCUT2D eigenvalue weighted by atomic mass is 16.2. The molecule has 0 unspecified atom stereocenters. The molecular weight excluding hydrogens is 336 g/mol. The lowest BCUT2D eigenvalue weighted by Crippen LogP contribution is -2.48. The highest BCUT2D eigenvalue weighted by Crippen LogP contribution is 2.14. The molecule has 1 aliphatic rings. The molecule has 5 heteroatoms. The van der Waals surface area contributed by atoms with Gasteiger partial charge in [-0.15, -0.1) is 0 Å². The molecule has 0 atom stereocenters.